The molecule has 0 atom stereocenters. The summed E-state index contributed by atoms with van der Waals surface area (Å²) in [5, 5.41) is 3.46. The number of likely N-dealkylation sites (tertiary alicyclic amines) is 1. The number of benzene rings is 1. The molecule has 0 radical (unpaired) electrons. The van der Waals surface area contributed by atoms with E-state index in [1.54, 1.807) is 0 Å². The minimum absolute atomic E-state index is 0.489. The van der Waals surface area contributed by atoms with Gasteiger partial charge in [-0.1, -0.05) is 45.0 Å². The topological polar surface area (TPSA) is 15.3 Å². The molecule has 0 aliphatic carbocycles. The fourth-order valence-electron chi connectivity index (χ4n) is 3.28. The van der Waals surface area contributed by atoms with Crippen LogP contribution >= 0.6 is 0 Å². The lowest BCUT2D eigenvalue weighted by Crippen LogP contribution is -2.39. The molecule has 1 aromatic carbocycles. The molecule has 1 aromatic rings. The van der Waals surface area contributed by atoms with Crippen molar-refractivity contribution in [1.29, 1.82) is 0 Å². The van der Waals surface area contributed by atoms with E-state index < -0.39 is 0 Å². The van der Waals surface area contributed by atoms with E-state index in [1.807, 2.05) is 0 Å². The Balaban J connectivity index is 1.79. The van der Waals surface area contributed by atoms with Gasteiger partial charge in [-0.2, -0.15) is 0 Å². The number of piperidine rings is 1. The molecule has 1 aliphatic heterocycles. The summed E-state index contributed by atoms with van der Waals surface area (Å²) in [4.78, 5) is 2.61. The van der Waals surface area contributed by atoms with E-state index in [1.165, 1.54) is 43.5 Å². The lowest BCUT2D eigenvalue weighted by atomic mass is 9.84. The van der Waals surface area contributed by atoms with Crippen LogP contribution in [0.2, 0.25) is 0 Å². The van der Waals surface area contributed by atoms with Gasteiger partial charge in [-0.3, -0.25) is 4.90 Å². The van der Waals surface area contributed by atoms with Crippen LogP contribution in [0.25, 0.3) is 0 Å². The summed E-state index contributed by atoms with van der Waals surface area (Å²) < 4.78 is 0. The Morgan fingerprint density at radius 1 is 1.10 bits per heavy atom. The summed E-state index contributed by atoms with van der Waals surface area (Å²) in [5.74, 6) is 0. The van der Waals surface area contributed by atoms with Crippen molar-refractivity contribution >= 4 is 0 Å². The summed E-state index contributed by atoms with van der Waals surface area (Å²) >= 11 is 0. The Morgan fingerprint density at radius 3 is 2.48 bits per heavy atom. The standard InChI is InChI=1S/C19H32N2/c1-4-12-20-13-10-17-6-8-18(9-7-17)15-21-14-5-11-19(2,3)16-21/h6-9,20H,4-5,10-16H2,1-3H3. The third-order valence-electron chi connectivity index (χ3n) is 4.43. The molecule has 21 heavy (non-hydrogen) atoms. The predicted molar refractivity (Wildman–Crippen MR) is 91.6 cm³/mol. The fraction of sp³-hybridized carbons (Fsp3) is 0.684. The second kappa shape index (κ2) is 7.95. The van der Waals surface area contributed by atoms with Gasteiger partial charge in [0.05, 0.1) is 0 Å². The van der Waals surface area contributed by atoms with Crippen LogP contribution in [0.15, 0.2) is 24.3 Å². The van der Waals surface area contributed by atoms with Gasteiger partial charge in [0.25, 0.3) is 0 Å². The predicted octanol–water partition coefficient (Wildman–Crippen LogP) is 3.85. The zero-order chi connectivity index (χ0) is 15.1. The summed E-state index contributed by atoms with van der Waals surface area (Å²) in [6, 6.07) is 9.24. The molecule has 0 amide bonds. The van der Waals surface area contributed by atoms with Crippen molar-refractivity contribution in [3.63, 3.8) is 0 Å². The number of rotatable bonds is 7. The van der Waals surface area contributed by atoms with E-state index in [-0.39, 0.29) is 0 Å². The Labute approximate surface area is 130 Å². The maximum atomic E-state index is 3.46. The molecule has 1 heterocycles. The van der Waals surface area contributed by atoms with Crippen molar-refractivity contribution in [1.82, 2.24) is 10.2 Å². The van der Waals surface area contributed by atoms with Gasteiger partial charge in [0, 0.05) is 13.1 Å². The van der Waals surface area contributed by atoms with Crippen molar-refractivity contribution < 1.29 is 0 Å². The summed E-state index contributed by atoms with van der Waals surface area (Å²) in [5.41, 5.74) is 3.39. The smallest absolute Gasteiger partial charge is 0.0233 e. The van der Waals surface area contributed by atoms with Crippen molar-refractivity contribution in [2.24, 2.45) is 5.41 Å². The van der Waals surface area contributed by atoms with Crippen LogP contribution in [0.4, 0.5) is 0 Å². The normalized spacial score (nSPS) is 18.8. The molecule has 1 aliphatic rings. The third kappa shape index (κ3) is 5.80. The molecule has 0 spiro atoms. The van der Waals surface area contributed by atoms with E-state index in [0.717, 1.165) is 26.1 Å². The first-order valence-electron chi connectivity index (χ1n) is 8.60. The SMILES string of the molecule is CCCNCCc1ccc(CN2CCCC(C)(C)C2)cc1. The van der Waals surface area contributed by atoms with Crippen LogP contribution in [0.1, 0.15) is 51.2 Å². The van der Waals surface area contributed by atoms with Gasteiger partial charge in [-0.25, -0.2) is 0 Å². The van der Waals surface area contributed by atoms with Gasteiger partial charge in [0.2, 0.25) is 0 Å². The lowest BCUT2D eigenvalue weighted by molar-refractivity contribution is 0.111. The van der Waals surface area contributed by atoms with Crippen LogP contribution in [0.5, 0.6) is 0 Å². The number of hydrogen-bond donors (Lipinski definition) is 1. The summed E-state index contributed by atoms with van der Waals surface area (Å²) in [6.45, 7) is 12.8. The molecule has 2 heteroatoms. The van der Waals surface area contributed by atoms with Crippen molar-refractivity contribution in [2.75, 3.05) is 26.2 Å². The monoisotopic (exact) mass is 288 g/mol. The zero-order valence-electron chi connectivity index (χ0n) is 14.1. The first kappa shape index (κ1) is 16.5. The Kier molecular flexibility index (Phi) is 6.25. The van der Waals surface area contributed by atoms with E-state index in [9.17, 15) is 0 Å². The zero-order valence-corrected chi connectivity index (χ0v) is 14.1. The highest BCUT2D eigenvalue weighted by Gasteiger charge is 2.25. The number of hydrogen-bond acceptors (Lipinski definition) is 2. The molecule has 0 saturated carbocycles. The van der Waals surface area contributed by atoms with Gasteiger partial charge >= 0.3 is 0 Å². The molecule has 1 N–H and O–H groups in total. The molecule has 1 fully saturated rings. The molecule has 2 nitrogen and oxygen atoms in total. The molecule has 118 valence electrons. The van der Waals surface area contributed by atoms with Crippen molar-refractivity contribution in [3.8, 4) is 0 Å². The quantitative estimate of drug-likeness (QED) is 0.767. The Hall–Kier alpha value is -0.860. The molecule has 0 aromatic heterocycles. The van der Waals surface area contributed by atoms with Gasteiger partial charge in [0.1, 0.15) is 0 Å². The fourth-order valence-corrected chi connectivity index (χ4v) is 3.28. The third-order valence-corrected chi connectivity index (χ3v) is 4.43. The van der Waals surface area contributed by atoms with E-state index in [2.05, 4.69) is 55.3 Å². The minimum atomic E-state index is 0.489. The van der Waals surface area contributed by atoms with Crippen LogP contribution < -0.4 is 5.32 Å². The summed E-state index contributed by atoms with van der Waals surface area (Å²) in [7, 11) is 0. The van der Waals surface area contributed by atoms with Gasteiger partial charge < -0.3 is 5.32 Å². The molecule has 0 bridgehead atoms. The second-order valence-electron chi connectivity index (χ2n) is 7.29. The second-order valence-corrected chi connectivity index (χ2v) is 7.29. The molecule has 2 rings (SSSR count). The first-order chi connectivity index (χ1) is 10.1. The average molecular weight is 288 g/mol. The van der Waals surface area contributed by atoms with E-state index in [0.29, 0.717) is 5.41 Å². The highest BCUT2D eigenvalue weighted by atomic mass is 15.1. The van der Waals surface area contributed by atoms with Gasteiger partial charge in [-0.05, 0) is 61.9 Å². The van der Waals surface area contributed by atoms with Gasteiger partial charge in [-0.15, -0.1) is 0 Å². The van der Waals surface area contributed by atoms with Crippen LogP contribution in [0, 0.1) is 5.41 Å². The Bertz CT molecular complexity index is 408. The molecule has 1 saturated heterocycles. The van der Waals surface area contributed by atoms with Crippen LogP contribution in [-0.4, -0.2) is 31.1 Å². The van der Waals surface area contributed by atoms with Crippen molar-refractivity contribution in [3.05, 3.63) is 35.4 Å². The van der Waals surface area contributed by atoms with Crippen LogP contribution in [-0.2, 0) is 13.0 Å². The number of nitrogens with zero attached hydrogens (tertiary/aromatic N) is 1. The Morgan fingerprint density at radius 2 is 1.81 bits per heavy atom. The van der Waals surface area contributed by atoms with Crippen molar-refractivity contribution in [2.45, 2.75) is 53.0 Å². The van der Waals surface area contributed by atoms with E-state index in [4.69, 9.17) is 0 Å². The maximum absolute atomic E-state index is 3.46. The van der Waals surface area contributed by atoms with Crippen LogP contribution in [0.3, 0.4) is 0 Å². The summed E-state index contributed by atoms with van der Waals surface area (Å²) in [6.07, 6.45) is 5.06. The first-order valence-corrected chi connectivity index (χ1v) is 8.60. The minimum Gasteiger partial charge on any atom is -0.316 e. The van der Waals surface area contributed by atoms with E-state index >= 15 is 0 Å². The highest BCUT2D eigenvalue weighted by molar-refractivity contribution is 5.22. The maximum Gasteiger partial charge on any atom is 0.0233 e. The average Bonchev–Trinajstić information content (AvgIpc) is 2.44. The molecular formula is C19H32N2. The molecular weight excluding hydrogens is 256 g/mol. The largest absolute Gasteiger partial charge is 0.316 e. The lowest BCUT2D eigenvalue weighted by Gasteiger charge is -2.38. The number of nitrogens with one attached hydrogen (secondary N) is 1. The van der Waals surface area contributed by atoms with Gasteiger partial charge in [0.15, 0.2) is 0 Å². The molecule has 0 unspecified atom stereocenters. The highest BCUT2D eigenvalue weighted by Crippen LogP contribution is 2.29.